The van der Waals surface area contributed by atoms with Crippen molar-refractivity contribution in [1.29, 1.82) is 0 Å². The van der Waals surface area contributed by atoms with Gasteiger partial charge in [-0.2, -0.15) is 10.1 Å². The molecule has 6 nitrogen and oxygen atoms in total. The quantitative estimate of drug-likeness (QED) is 0.495. The summed E-state index contributed by atoms with van der Waals surface area (Å²) in [7, 11) is 0. The van der Waals surface area contributed by atoms with Gasteiger partial charge in [0.15, 0.2) is 10.8 Å². The van der Waals surface area contributed by atoms with Gasteiger partial charge in [0.2, 0.25) is 0 Å². The average molecular weight is 454 g/mol. The molecule has 0 radical (unpaired) electrons. The van der Waals surface area contributed by atoms with Gasteiger partial charge in [0, 0.05) is 24.7 Å². The number of hydrogen-bond donors (Lipinski definition) is 1. The maximum absolute atomic E-state index is 13.4. The zero-order valence-corrected chi connectivity index (χ0v) is 18.2. The molecule has 4 aromatic rings. The molecule has 2 aromatic carbocycles. The lowest BCUT2D eigenvalue weighted by molar-refractivity contribution is 0.0930. The summed E-state index contributed by atoms with van der Waals surface area (Å²) in [6, 6.07) is 12.0. The summed E-state index contributed by atoms with van der Waals surface area (Å²) in [5, 5.41) is 8.48. The van der Waals surface area contributed by atoms with E-state index >= 15 is 0 Å². The summed E-state index contributed by atoms with van der Waals surface area (Å²) in [6.07, 6.45) is 1.56. The number of aryl methyl sites for hydroxylation is 1. The number of nitrogens with one attached hydrogen (secondary N) is 1. The van der Waals surface area contributed by atoms with Crippen molar-refractivity contribution < 1.29 is 13.6 Å². The van der Waals surface area contributed by atoms with Gasteiger partial charge < -0.3 is 10.2 Å². The van der Waals surface area contributed by atoms with Crippen LogP contribution < -0.4 is 10.2 Å². The van der Waals surface area contributed by atoms with Crippen molar-refractivity contribution in [3.8, 4) is 5.69 Å². The maximum atomic E-state index is 13.4. The number of fused-ring (bicyclic) bond motifs is 1. The topological polar surface area (TPSA) is 63.1 Å². The highest BCUT2D eigenvalue weighted by molar-refractivity contribution is 7.22. The van der Waals surface area contributed by atoms with Gasteiger partial charge in [0.25, 0.3) is 5.91 Å². The molecule has 0 saturated carbocycles. The Morgan fingerprint density at radius 3 is 2.56 bits per heavy atom. The molecule has 1 aliphatic rings. The van der Waals surface area contributed by atoms with Crippen molar-refractivity contribution >= 4 is 32.7 Å². The number of rotatable bonds is 4. The number of anilines is 1. The molecule has 0 unspecified atom stereocenters. The van der Waals surface area contributed by atoms with Gasteiger partial charge in [-0.25, -0.2) is 13.5 Å². The summed E-state index contributed by atoms with van der Waals surface area (Å²) in [5.41, 5.74) is 2.74. The number of aromatic nitrogens is 3. The first kappa shape index (κ1) is 20.6. The minimum atomic E-state index is -0.419. The van der Waals surface area contributed by atoms with Crippen LogP contribution in [-0.2, 0) is 0 Å². The third-order valence-electron chi connectivity index (χ3n) is 5.64. The van der Waals surface area contributed by atoms with Crippen LogP contribution in [0.1, 0.15) is 28.9 Å². The van der Waals surface area contributed by atoms with Crippen LogP contribution in [-0.4, -0.2) is 39.8 Å². The summed E-state index contributed by atoms with van der Waals surface area (Å²) in [6.45, 7) is 3.46. The monoisotopic (exact) mass is 453 g/mol. The highest BCUT2D eigenvalue weighted by Crippen LogP contribution is 2.33. The highest BCUT2D eigenvalue weighted by Gasteiger charge is 2.25. The van der Waals surface area contributed by atoms with E-state index < -0.39 is 5.82 Å². The smallest absolute Gasteiger partial charge is 0.251 e. The highest BCUT2D eigenvalue weighted by atomic mass is 32.1. The van der Waals surface area contributed by atoms with Crippen molar-refractivity contribution in [3.63, 3.8) is 0 Å². The van der Waals surface area contributed by atoms with Crippen molar-refractivity contribution in [2.75, 3.05) is 18.0 Å². The van der Waals surface area contributed by atoms with E-state index in [4.69, 9.17) is 4.98 Å². The van der Waals surface area contributed by atoms with Gasteiger partial charge in [0.1, 0.15) is 11.6 Å². The van der Waals surface area contributed by atoms with Crippen LogP contribution in [0.5, 0.6) is 0 Å². The molecule has 0 aliphatic carbocycles. The Labute approximate surface area is 187 Å². The first-order valence-corrected chi connectivity index (χ1v) is 11.2. The molecular formula is C23H21F2N5OS. The van der Waals surface area contributed by atoms with E-state index in [1.54, 1.807) is 34.2 Å². The second-order valence-corrected chi connectivity index (χ2v) is 8.85. The van der Waals surface area contributed by atoms with Gasteiger partial charge in [-0.1, -0.05) is 17.4 Å². The lowest BCUT2D eigenvalue weighted by Crippen LogP contribution is -2.44. The van der Waals surface area contributed by atoms with E-state index in [1.807, 2.05) is 6.92 Å². The zero-order valence-electron chi connectivity index (χ0n) is 17.4. The van der Waals surface area contributed by atoms with Gasteiger partial charge in [-0.15, -0.1) is 0 Å². The van der Waals surface area contributed by atoms with Crippen LogP contribution in [0.25, 0.3) is 16.0 Å². The molecule has 1 N–H and O–H groups in total. The average Bonchev–Trinajstić information content (AvgIpc) is 3.36. The zero-order chi connectivity index (χ0) is 22.2. The van der Waals surface area contributed by atoms with Crippen LogP contribution in [0.2, 0.25) is 0 Å². The number of hydrogen-bond acceptors (Lipinski definition) is 5. The SMILES string of the molecule is Cc1nn(-c2ccc(F)cc2)c2nc(N3CCC(NC(=O)c4cccc(F)c4)CC3)sc12. The number of carbonyl (C=O) groups excluding carboxylic acids is 1. The van der Waals surface area contributed by atoms with E-state index in [-0.39, 0.29) is 17.8 Å². The van der Waals surface area contributed by atoms with E-state index in [0.29, 0.717) is 5.56 Å². The molecule has 1 amide bonds. The first-order chi connectivity index (χ1) is 15.5. The maximum Gasteiger partial charge on any atom is 0.251 e. The third-order valence-corrected chi connectivity index (χ3v) is 6.85. The molecule has 1 aliphatic heterocycles. The molecule has 1 fully saturated rings. The Bertz CT molecular complexity index is 1280. The molecule has 5 rings (SSSR count). The Morgan fingerprint density at radius 2 is 1.84 bits per heavy atom. The minimum absolute atomic E-state index is 0.0350. The molecule has 0 spiro atoms. The molecule has 32 heavy (non-hydrogen) atoms. The molecule has 1 saturated heterocycles. The first-order valence-electron chi connectivity index (χ1n) is 10.4. The Balaban J connectivity index is 1.28. The fourth-order valence-corrected chi connectivity index (χ4v) is 4.97. The lowest BCUT2D eigenvalue weighted by atomic mass is 10.0. The Hall–Kier alpha value is -3.33. The van der Waals surface area contributed by atoms with Crippen molar-refractivity contribution in [2.24, 2.45) is 0 Å². The fraction of sp³-hybridized carbons (Fsp3) is 0.261. The number of benzene rings is 2. The van der Waals surface area contributed by atoms with Crippen LogP contribution in [0.4, 0.5) is 13.9 Å². The Kier molecular flexibility index (Phi) is 5.34. The number of amides is 1. The van der Waals surface area contributed by atoms with E-state index in [0.717, 1.165) is 52.8 Å². The molecule has 0 atom stereocenters. The summed E-state index contributed by atoms with van der Waals surface area (Å²) in [5.74, 6) is -0.962. The minimum Gasteiger partial charge on any atom is -0.349 e. The molecule has 3 heterocycles. The molecule has 9 heteroatoms. The van der Waals surface area contributed by atoms with E-state index in [1.165, 1.54) is 30.3 Å². The van der Waals surface area contributed by atoms with Crippen molar-refractivity contribution in [2.45, 2.75) is 25.8 Å². The van der Waals surface area contributed by atoms with Crippen molar-refractivity contribution in [1.82, 2.24) is 20.1 Å². The molecule has 2 aromatic heterocycles. The van der Waals surface area contributed by atoms with Gasteiger partial charge in [-0.3, -0.25) is 4.79 Å². The third kappa shape index (κ3) is 3.95. The summed E-state index contributed by atoms with van der Waals surface area (Å²) < 4.78 is 29.4. The van der Waals surface area contributed by atoms with Gasteiger partial charge >= 0.3 is 0 Å². The lowest BCUT2D eigenvalue weighted by Gasteiger charge is -2.32. The molecule has 0 bridgehead atoms. The van der Waals surface area contributed by atoms with Crippen molar-refractivity contribution in [3.05, 3.63) is 71.4 Å². The van der Waals surface area contributed by atoms with Gasteiger partial charge in [0.05, 0.1) is 16.1 Å². The summed E-state index contributed by atoms with van der Waals surface area (Å²) in [4.78, 5) is 19.4. The van der Waals surface area contributed by atoms with Crippen LogP contribution in [0.3, 0.4) is 0 Å². The number of halogens is 2. The fourth-order valence-electron chi connectivity index (χ4n) is 3.93. The van der Waals surface area contributed by atoms with Crippen LogP contribution >= 0.6 is 11.3 Å². The standard InChI is InChI=1S/C23H21F2N5OS/c1-14-20-21(30(28-14)19-7-5-16(24)6-8-19)27-23(32-20)29-11-9-18(10-12-29)26-22(31)15-3-2-4-17(25)13-15/h2-8,13,18H,9-12H2,1H3,(H,26,31). The number of nitrogens with zero attached hydrogens (tertiary/aromatic N) is 4. The Morgan fingerprint density at radius 1 is 1.09 bits per heavy atom. The molecule has 164 valence electrons. The van der Waals surface area contributed by atoms with E-state index in [9.17, 15) is 13.6 Å². The summed E-state index contributed by atoms with van der Waals surface area (Å²) >= 11 is 1.59. The predicted molar refractivity (Wildman–Crippen MR) is 121 cm³/mol. The van der Waals surface area contributed by atoms with Crippen LogP contribution in [0.15, 0.2) is 48.5 Å². The second-order valence-electron chi connectivity index (χ2n) is 7.87. The number of thiazole rings is 1. The predicted octanol–water partition coefficient (Wildman–Crippen LogP) is 4.47. The van der Waals surface area contributed by atoms with E-state index in [2.05, 4.69) is 15.3 Å². The second kappa shape index (κ2) is 8.31. The van der Waals surface area contributed by atoms with Crippen LogP contribution in [0, 0.1) is 18.6 Å². The molecular weight excluding hydrogens is 432 g/mol. The largest absolute Gasteiger partial charge is 0.349 e. The normalized spacial score (nSPS) is 14.8. The number of carbonyl (C=O) groups is 1. The number of piperidine rings is 1. The van der Waals surface area contributed by atoms with Gasteiger partial charge in [-0.05, 0) is 62.2 Å².